The van der Waals surface area contributed by atoms with Gasteiger partial charge < -0.3 is 14.8 Å². The van der Waals surface area contributed by atoms with Crippen LogP contribution in [-0.2, 0) is 13.0 Å². The number of nitrogens with zero attached hydrogens (tertiary/aromatic N) is 4. The fourth-order valence-corrected chi connectivity index (χ4v) is 4.41. The Bertz CT molecular complexity index is 978. The number of pyridine rings is 1. The van der Waals surface area contributed by atoms with Gasteiger partial charge in [-0.25, -0.2) is 9.97 Å². The Morgan fingerprint density at radius 3 is 2.79 bits per heavy atom. The zero-order valence-corrected chi connectivity index (χ0v) is 17.7. The lowest BCUT2D eigenvalue weighted by Gasteiger charge is -2.23. The molecule has 1 N–H and O–H groups in total. The number of likely N-dealkylation sites (tertiary alicyclic amines) is 1. The van der Waals surface area contributed by atoms with Gasteiger partial charge in [0.25, 0.3) is 5.91 Å². The fraction of sp³-hybridized carbons (Fsp3) is 0.381. The number of benzene rings is 1. The minimum atomic E-state index is 0. The van der Waals surface area contributed by atoms with E-state index in [0.29, 0.717) is 17.6 Å². The lowest BCUT2D eigenvalue weighted by Crippen LogP contribution is -2.38. The highest BCUT2D eigenvalue weighted by atomic mass is 35.5. The van der Waals surface area contributed by atoms with Gasteiger partial charge in [-0.3, -0.25) is 4.79 Å². The lowest BCUT2D eigenvalue weighted by atomic mass is 10.1. The molecule has 2 aromatic heterocycles. The van der Waals surface area contributed by atoms with Gasteiger partial charge in [0.1, 0.15) is 5.52 Å². The van der Waals surface area contributed by atoms with Crippen LogP contribution in [0.2, 0.25) is 0 Å². The number of amides is 1. The first-order valence-corrected chi connectivity index (χ1v) is 9.69. The van der Waals surface area contributed by atoms with E-state index in [2.05, 4.69) is 44.1 Å². The Balaban J connectivity index is 0.00000120. The first kappa shape index (κ1) is 21.6. The number of hydrogen-bond donors (Lipinski definition) is 1. The number of rotatable bonds is 4. The third kappa shape index (κ3) is 4.10. The van der Waals surface area contributed by atoms with Crippen molar-refractivity contribution in [3.05, 3.63) is 60.0 Å². The van der Waals surface area contributed by atoms with Gasteiger partial charge in [-0.15, -0.1) is 24.8 Å². The number of aryl methyl sites for hydroxylation is 2. The zero-order chi connectivity index (χ0) is 18.2. The molecule has 3 aromatic rings. The minimum Gasteiger partial charge on any atom is -0.334 e. The summed E-state index contributed by atoms with van der Waals surface area (Å²) in [5.41, 5.74) is 3.56. The van der Waals surface area contributed by atoms with E-state index in [1.807, 2.05) is 23.4 Å². The first-order chi connectivity index (χ1) is 13.3. The monoisotopic (exact) mass is 433 g/mol. The molecule has 2 aliphatic heterocycles. The molecule has 6 nitrogen and oxygen atoms in total. The Morgan fingerprint density at radius 1 is 1.14 bits per heavy atom. The molecule has 2 saturated heterocycles. The van der Waals surface area contributed by atoms with Crippen molar-refractivity contribution in [2.75, 3.05) is 13.1 Å². The Hall–Kier alpha value is -2.15. The number of carbonyl (C=O) groups excluding carboxylic acids is 1. The molecular formula is C21H25Cl2N5O. The van der Waals surface area contributed by atoms with Gasteiger partial charge >= 0.3 is 0 Å². The molecular weight excluding hydrogens is 409 g/mol. The van der Waals surface area contributed by atoms with Gasteiger partial charge in [-0.1, -0.05) is 30.3 Å². The second kappa shape index (κ2) is 9.11. The van der Waals surface area contributed by atoms with E-state index in [4.69, 9.17) is 0 Å². The maximum Gasteiger partial charge on any atom is 0.255 e. The highest BCUT2D eigenvalue weighted by Gasteiger charge is 2.40. The molecule has 0 saturated carbocycles. The highest BCUT2D eigenvalue weighted by molar-refractivity contribution is 5.96. The van der Waals surface area contributed by atoms with Crippen LogP contribution in [0.5, 0.6) is 0 Å². The molecule has 2 aliphatic rings. The van der Waals surface area contributed by atoms with E-state index in [1.54, 1.807) is 6.20 Å². The van der Waals surface area contributed by atoms with Crippen LogP contribution in [0.15, 0.2) is 48.9 Å². The molecule has 2 atom stereocenters. The second-order valence-corrected chi connectivity index (χ2v) is 7.44. The quantitative estimate of drug-likeness (QED) is 0.686. The van der Waals surface area contributed by atoms with Crippen molar-refractivity contribution in [3.63, 3.8) is 0 Å². The van der Waals surface area contributed by atoms with Crippen LogP contribution in [0.3, 0.4) is 0 Å². The van der Waals surface area contributed by atoms with Gasteiger partial charge in [0.15, 0.2) is 5.65 Å². The zero-order valence-electron chi connectivity index (χ0n) is 16.0. The summed E-state index contributed by atoms with van der Waals surface area (Å²) in [6, 6.07) is 13.1. The van der Waals surface area contributed by atoms with Crippen LogP contribution in [0, 0.1) is 0 Å². The molecule has 2 fully saturated rings. The SMILES string of the molecule is Cl.Cl.O=C(c1cnc2c(c1)ncn2CCc1ccccc1)N1CC[C@@H]2NCC[C@@H]21. The number of imidazole rings is 1. The summed E-state index contributed by atoms with van der Waals surface area (Å²) in [7, 11) is 0. The van der Waals surface area contributed by atoms with E-state index in [9.17, 15) is 4.79 Å². The predicted molar refractivity (Wildman–Crippen MR) is 118 cm³/mol. The normalized spacial score (nSPS) is 20.2. The summed E-state index contributed by atoms with van der Waals surface area (Å²) in [5.74, 6) is 0.0828. The molecule has 154 valence electrons. The number of aromatic nitrogens is 3. The molecule has 5 rings (SSSR count). The summed E-state index contributed by atoms with van der Waals surface area (Å²) in [6.45, 7) is 2.65. The third-order valence-corrected chi connectivity index (χ3v) is 5.84. The molecule has 0 spiro atoms. The Morgan fingerprint density at radius 2 is 1.97 bits per heavy atom. The Kier molecular flexibility index (Phi) is 6.77. The molecule has 1 aromatic carbocycles. The van der Waals surface area contributed by atoms with E-state index in [-0.39, 0.29) is 30.7 Å². The van der Waals surface area contributed by atoms with Crippen molar-refractivity contribution in [2.45, 2.75) is 37.9 Å². The Labute approximate surface area is 182 Å². The molecule has 29 heavy (non-hydrogen) atoms. The average Bonchev–Trinajstić information content (AvgIpc) is 3.42. The van der Waals surface area contributed by atoms with Gasteiger partial charge in [-0.2, -0.15) is 0 Å². The maximum atomic E-state index is 13.0. The molecule has 0 aliphatic carbocycles. The highest BCUT2D eigenvalue weighted by Crippen LogP contribution is 2.27. The minimum absolute atomic E-state index is 0. The van der Waals surface area contributed by atoms with Crippen molar-refractivity contribution < 1.29 is 4.79 Å². The summed E-state index contributed by atoms with van der Waals surface area (Å²) in [4.78, 5) is 24.0. The van der Waals surface area contributed by atoms with Crippen molar-refractivity contribution in [1.29, 1.82) is 0 Å². The molecule has 0 radical (unpaired) electrons. The van der Waals surface area contributed by atoms with Crippen molar-refractivity contribution in [1.82, 2.24) is 24.8 Å². The molecule has 1 amide bonds. The van der Waals surface area contributed by atoms with Crippen LogP contribution in [0.25, 0.3) is 11.2 Å². The van der Waals surface area contributed by atoms with Gasteiger partial charge in [-0.05, 0) is 37.4 Å². The van der Waals surface area contributed by atoms with Crippen molar-refractivity contribution in [3.8, 4) is 0 Å². The largest absolute Gasteiger partial charge is 0.334 e. The van der Waals surface area contributed by atoms with E-state index >= 15 is 0 Å². The first-order valence-electron chi connectivity index (χ1n) is 9.69. The summed E-state index contributed by atoms with van der Waals surface area (Å²) < 4.78 is 2.06. The average molecular weight is 434 g/mol. The fourth-order valence-electron chi connectivity index (χ4n) is 4.41. The number of nitrogens with one attached hydrogen (secondary N) is 1. The summed E-state index contributed by atoms with van der Waals surface area (Å²) >= 11 is 0. The lowest BCUT2D eigenvalue weighted by molar-refractivity contribution is 0.0736. The van der Waals surface area contributed by atoms with Crippen LogP contribution >= 0.6 is 24.8 Å². The van der Waals surface area contributed by atoms with E-state index in [0.717, 1.165) is 50.1 Å². The van der Waals surface area contributed by atoms with Gasteiger partial charge in [0, 0.05) is 31.4 Å². The summed E-state index contributed by atoms with van der Waals surface area (Å²) in [6.07, 6.45) is 6.54. The molecule has 0 unspecified atom stereocenters. The van der Waals surface area contributed by atoms with Crippen LogP contribution in [0.4, 0.5) is 0 Å². The number of carbonyl (C=O) groups is 1. The van der Waals surface area contributed by atoms with Crippen LogP contribution in [0.1, 0.15) is 28.8 Å². The van der Waals surface area contributed by atoms with Gasteiger partial charge in [0.2, 0.25) is 0 Å². The van der Waals surface area contributed by atoms with E-state index in [1.165, 1.54) is 5.56 Å². The predicted octanol–water partition coefficient (Wildman–Crippen LogP) is 3.09. The van der Waals surface area contributed by atoms with Crippen molar-refractivity contribution in [2.24, 2.45) is 0 Å². The van der Waals surface area contributed by atoms with Crippen molar-refractivity contribution >= 4 is 41.9 Å². The molecule has 0 bridgehead atoms. The number of fused-ring (bicyclic) bond motifs is 2. The van der Waals surface area contributed by atoms with Crippen LogP contribution < -0.4 is 5.32 Å². The standard InChI is InChI=1S/C21H23N5O.2ClH/c27-21(26-11-8-17-19(26)6-9-22-17)16-12-18-20(23-13-16)25(14-24-18)10-7-15-4-2-1-3-5-15;;/h1-5,12-14,17,19,22H,6-11H2;2*1H/t17-,19-;;/m0../s1. The topological polar surface area (TPSA) is 63.1 Å². The number of halogens is 2. The summed E-state index contributed by atoms with van der Waals surface area (Å²) in [5, 5.41) is 3.49. The number of hydrogen-bond acceptors (Lipinski definition) is 4. The molecule has 4 heterocycles. The van der Waals surface area contributed by atoms with Crippen LogP contribution in [-0.4, -0.2) is 50.5 Å². The van der Waals surface area contributed by atoms with Gasteiger partial charge in [0.05, 0.1) is 11.9 Å². The third-order valence-electron chi connectivity index (χ3n) is 5.84. The molecule has 8 heteroatoms. The maximum absolute atomic E-state index is 13.0. The second-order valence-electron chi connectivity index (χ2n) is 7.44. The smallest absolute Gasteiger partial charge is 0.255 e. The van der Waals surface area contributed by atoms with E-state index < -0.39 is 0 Å².